The van der Waals surface area contributed by atoms with Gasteiger partial charge in [0.2, 0.25) is 0 Å². The molecule has 1 amide bonds. The van der Waals surface area contributed by atoms with Gasteiger partial charge < -0.3 is 5.11 Å². The minimum Gasteiger partial charge on any atom is -0.506 e. The molecular weight excluding hydrogens is 314 g/mol. The van der Waals surface area contributed by atoms with Crippen molar-refractivity contribution in [3.05, 3.63) is 53.1 Å². The van der Waals surface area contributed by atoms with E-state index < -0.39 is 5.91 Å². The number of hydrogen-bond donors (Lipinski definition) is 2. The molecule has 0 unspecified atom stereocenters. The van der Waals surface area contributed by atoms with Crippen molar-refractivity contribution in [1.29, 1.82) is 0 Å². The average molecular weight is 332 g/mol. The van der Waals surface area contributed by atoms with Gasteiger partial charge in [0.15, 0.2) is 0 Å². The molecule has 5 heteroatoms. The number of aromatic hydroxyl groups is 1. The first-order chi connectivity index (χ1) is 11.0. The summed E-state index contributed by atoms with van der Waals surface area (Å²) in [7, 11) is 0. The van der Waals surface area contributed by atoms with Crippen LogP contribution in [0.3, 0.4) is 0 Å². The van der Waals surface area contributed by atoms with Gasteiger partial charge in [-0.25, -0.2) is 5.48 Å². The number of benzene rings is 2. The maximum atomic E-state index is 12.3. The minimum absolute atomic E-state index is 0.0947. The predicted molar refractivity (Wildman–Crippen MR) is 89.3 cm³/mol. The van der Waals surface area contributed by atoms with Crippen LogP contribution in [-0.2, 0) is 4.84 Å². The van der Waals surface area contributed by atoms with E-state index in [0.29, 0.717) is 6.61 Å². The second kappa shape index (κ2) is 6.22. The number of phenols is 1. The molecule has 2 N–H and O–H groups in total. The molecule has 4 nitrogen and oxygen atoms in total. The molecule has 3 rings (SSSR count). The van der Waals surface area contributed by atoms with Gasteiger partial charge in [-0.2, -0.15) is 0 Å². The van der Waals surface area contributed by atoms with Crippen LogP contribution in [0.4, 0.5) is 0 Å². The number of phenolic OH excluding ortho intramolecular Hbond substituents is 1. The molecule has 1 saturated carbocycles. The fourth-order valence-electron chi connectivity index (χ4n) is 2.26. The highest BCUT2D eigenvalue weighted by atomic mass is 35.5. The first-order valence-electron chi connectivity index (χ1n) is 7.49. The number of hydroxylamine groups is 1. The average Bonchev–Trinajstić information content (AvgIpc) is 3.28. The van der Waals surface area contributed by atoms with Crippen LogP contribution in [-0.4, -0.2) is 17.6 Å². The van der Waals surface area contributed by atoms with Crippen LogP contribution in [0.5, 0.6) is 5.75 Å². The second-order valence-corrected chi connectivity index (χ2v) is 6.66. The molecule has 0 spiro atoms. The molecule has 0 aromatic heterocycles. The highest BCUT2D eigenvalue weighted by Crippen LogP contribution is 2.44. The first-order valence-corrected chi connectivity index (χ1v) is 7.86. The SMILES string of the molecule is CC1(CONC(=O)c2cc(-c3ccccc3)cc(Cl)c2O)CC1. The lowest BCUT2D eigenvalue weighted by Crippen LogP contribution is -2.26. The van der Waals surface area contributed by atoms with Crippen LogP contribution in [0.25, 0.3) is 11.1 Å². The van der Waals surface area contributed by atoms with Crippen molar-refractivity contribution in [2.24, 2.45) is 5.41 Å². The number of hydrogen-bond acceptors (Lipinski definition) is 3. The van der Waals surface area contributed by atoms with Crippen molar-refractivity contribution in [3.63, 3.8) is 0 Å². The quantitative estimate of drug-likeness (QED) is 0.808. The monoisotopic (exact) mass is 331 g/mol. The van der Waals surface area contributed by atoms with Crippen LogP contribution >= 0.6 is 11.6 Å². The van der Waals surface area contributed by atoms with Crippen LogP contribution in [0, 0.1) is 5.41 Å². The van der Waals surface area contributed by atoms with E-state index in [1.54, 1.807) is 12.1 Å². The van der Waals surface area contributed by atoms with Gasteiger partial charge in [0.05, 0.1) is 17.2 Å². The lowest BCUT2D eigenvalue weighted by Gasteiger charge is -2.12. The summed E-state index contributed by atoms with van der Waals surface area (Å²) in [4.78, 5) is 17.5. The zero-order valence-corrected chi connectivity index (χ0v) is 13.6. The summed E-state index contributed by atoms with van der Waals surface area (Å²) >= 11 is 6.06. The highest BCUT2D eigenvalue weighted by molar-refractivity contribution is 6.33. The van der Waals surface area contributed by atoms with E-state index in [0.717, 1.165) is 24.0 Å². The topological polar surface area (TPSA) is 58.6 Å². The van der Waals surface area contributed by atoms with Crippen LogP contribution in [0.1, 0.15) is 30.1 Å². The zero-order chi connectivity index (χ0) is 16.4. The molecule has 0 bridgehead atoms. The Morgan fingerprint density at radius 2 is 1.96 bits per heavy atom. The lowest BCUT2D eigenvalue weighted by atomic mass is 10.0. The first kappa shape index (κ1) is 15.8. The van der Waals surface area contributed by atoms with Crippen molar-refractivity contribution >= 4 is 17.5 Å². The number of rotatable bonds is 5. The summed E-state index contributed by atoms with van der Waals surface area (Å²) in [5, 5.41) is 10.2. The Labute approximate surface area is 140 Å². The van der Waals surface area contributed by atoms with Crippen LogP contribution in [0.15, 0.2) is 42.5 Å². The molecule has 120 valence electrons. The Morgan fingerprint density at radius 3 is 2.61 bits per heavy atom. The van der Waals surface area contributed by atoms with E-state index >= 15 is 0 Å². The van der Waals surface area contributed by atoms with Gasteiger partial charge in [-0.3, -0.25) is 9.63 Å². The molecule has 1 aliphatic rings. The standard InChI is InChI=1S/C18H18ClNO3/c1-18(7-8-18)11-23-20-17(22)14-9-13(10-15(19)16(14)21)12-5-3-2-4-6-12/h2-6,9-10,21H,7-8,11H2,1H3,(H,20,22). The summed E-state index contributed by atoms with van der Waals surface area (Å²) in [5.41, 5.74) is 4.31. The van der Waals surface area contributed by atoms with E-state index in [9.17, 15) is 9.90 Å². The summed E-state index contributed by atoms with van der Waals surface area (Å²) in [6.07, 6.45) is 2.20. The Bertz CT molecular complexity index is 727. The molecule has 23 heavy (non-hydrogen) atoms. The highest BCUT2D eigenvalue weighted by Gasteiger charge is 2.37. The Balaban J connectivity index is 1.80. The van der Waals surface area contributed by atoms with Gasteiger partial charge in [-0.05, 0) is 41.5 Å². The third kappa shape index (κ3) is 3.66. The molecule has 0 saturated heterocycles. The summed E-state index contributed by atoms with van der Waals surface area (Å²) < 4.78 is 0. The fraction of sp³-hybridized carbons (Fsp3) is 0.278. The van der Waals surface area contributed by atoms with Gasteiger partial charge in [0.25, 0.3) is 5.91 Å². The van der Waals surface area contributed by atoms with Crippen molar-refractivity contribution < 1.29 is 14.7 Å². The van der Waals surface area contributed by atoms with E-state index in [2.05, 4.69) is 12.4 Å². The zero-order valence-electron chi connectivity index (χ0n) is 12.8. The van der Waals surface area contributed by atoms with Crippen molar-refractivity contribution in [2.75, 3.05) is 6.61 Å². The molecule has 1 aliphatic carbocycles. The predicted octanol–water partition coefficient (Wildman–Crippen LogP) is 4.17. The molecular formula is C18H18ClNO3. The molecule has 0 aliphatic heterocycles. The molecule has 2 aromatic carbocycles. The maximum absolute atomic E-state index is 12.3. The number of amides is 1. The Kier molecular flexibility index (Phi) is 4.28. The van der Waals surface area contributed by atoms with Crippen LogP contribution < -0.4 is 5.48 Å². The number of carbonyl (C=O) groups excluding carboxylic acids is 1. The Hall–Kier alpha value is -2.04. The summed E-state index contributed by atoms with van der Waals surface area (Å²) in [5.74, 6) is -0.753. The smallest absolute Gasteiger partial charge is 0.278 e. The van der Waals surface area contributed by atoms with Crippen molar-refractivity contribution in [1.82, 2.24) is 5.48 Å². The largest absolute Gasteiger partial charge is 0.506 e. The normalized spacial score (nSPS) is 15.2. The molecule has 0 heterocycles. The van der Waals surface area contributed by atoms with Gasteiger partial charge in [0.1, 0.15) is 5.75 Å². The summed E-state index contributed by atoms with van der Waals surface area (Å²) in [6, 6.07) is 12.8. The van der Waals surface area contributed by atoms with Crippen molar-refractivity contribution in [3.8, 4) is 16.9 Å². The minimum atomic E-state index is -0.508. The molecule has 0 radical (unpaired) electrons. The maximum Gasteiger partial charge on any atom is 0.278 e. The number of carbonyl (C=O) groups is 1. The van der Waals surface area contributed by atoms with Crippen LogP contribution in [0.2, 0.25) is 5.02 Å². The van der Waals surface area contributed by atoms with E-state index in [4.69, 9.17) is 16.4 Å². The third-order valence-electron chi connectivity index (χ3n) is 4.10. The van der Waals surface area contributed by atoms with E-state index in [1.807, 2.05) is 30.3 Å². The molecule has 2 aromatic rings. The van der Waals surface area contributed by atoms with Gasteiger partial charge >= 0.3 is 0 Å². The summed E-state index contributed by atoms with van der Waals surface area (Å²) in [6.45, 7) is 2.56. The van der Waals surface area contributed by atoms with Gasteiger partial charge in [-0.15, -0.1) is 0 Å². The van der Waals surface area contributed by atoms with E-state index in [-0.39, 0.29) is 21.8 Å². The fourth-order valence-corrected chi connectivity index (χ4v) is 2.48. The molecule has 1 fully saturated rings. The van der Waals surface area contributed by atoms with E-state index in [1.165, 1.54) is 0 Å². The lowest BCUT2D eigenvalue weighted by molar-refractivity contribution is 0.0142. The second-order valence-electron chi connectivity index (χ2n) is 6.25. The van der Waals surface area contributed by atoms with Crippen molar-refractivity contribution in [2.45, 2.75) is 19.8 Å². The Morgan fingerprint density at radius 1 is 1.26 bits per heavy atom. The van der Waals surface area contributed by atoms with Gasteiger partial charge in [-0.1, -0.05) is 48.9 Å². The van der Waals surface area contributed by atoms with Gasteiger partial charge in [0, 0.05) is 0 Å². The number of halogens is 1. The third-order valence-corrected chi connectivity index (χ3v) is 4.39. The number of nitrogens with one attached hydrogen (secondary N) is 1. The molecule has 0 atom stereocenters.